The second kappa shape index (κ2) is 8.54. The van der Waals surface area contributed by atoms with E-state index in [1.807, 2.05) is 65.8 Å². The summed E-state index contributed by atoms with van der Waals surface area (Å²) >= 11 is 0. The smallest absolute Gasteiger partial charge is 0.344 e. The quantitative estimate of drug-likeness (QED) is 0.398. The van der Waals surface area contributed by atoms with Gasteiger partial charge in [0.1, 0.15) is 11.5 Å². The first-order chi connectivity index (χ1) is 14.2. The molecule has 0 saturated carbocycles. The molecular formula is C26H26O4. The fourth-order valence-corrected chi connectivity index (χ4v) is 3.24. The molecule has 0 aliphatic heterocycles. The van der Waals surface area contributed by atoms with Crippen molar-refractivity contribution in [1.82, 2.24) is 0 Å². The van der Waals surface area contributed by atoms with Crippen LogP contribution in [0.15, 0.2) is 48.5 Å². The summed E-state index contributed by atoms with van der Waals surface area (Å²) in [6.45, 7) is 11.7. The van der Waals surface area contributed by atoms with Crippen molar-refractivity contribution in [1.29, 1.82) is 0 Å². The maximum atomic E-state index is 12.9. The predicted molar refractivity (Wildman–Crippen MR) is 118 cm³/mol. The van der Waals surface area contributed by atoms with Gasteiger partial charge in [0.2, 0.25) is 0 Å². The molecule has 0 aliphatic carbocycles. The summed E-state index contributed by atoms with van der Waals surface area (Å²) in [5.41, 5.74) is 6.36. The van der Waals surface area contributed by atoms with E-state index in [-0.39, 0.29) is 11.1 Å². The lowest BCUT2D eigenvalue weighted by atomic mass is 10.1. The lowest BCUT2D eigenvalue weighted by Crippen LogP contribution is -2.18. The van der Waals surface area contributed by atoms with Crippen molar-refractivity contribution in [2.45, 2.75) is 41.5 Å². The maximum Gasteiger partial charge on any atom is 0.344 e. The van der Waals surface area contributed by atoms with E-state index in [0.717, 1.165) is 33.4 Å². The highest BCUT2D eigenvalue weighted by molar-refractivity contribution is 6.04. The molecule has 0 aliphatic rings. The minimum atomic E-state index is -0.592. The Morgan fingerprint density at radius 3 is 1.23 bits per heavy atom. The molecule has 0 N–H and O–H groups in total. The molecule has 0 atom stereocenters. The van der Waals surface area contributed by atoms with Crippen molar-refractivity contribution in [3.05, 3.63) is 93.0 Å². The number of ether oxygens (including phenoxy) is 2. The summed E-state index contributed by atoms with van der Waals surface area (Å²) in [5, 5.41) is 0. The SMILES string of the molecule is Cc1cc(C)c(OC(=O)c2ccccc2C(=O)Oc2cc(C)c(C)cc2C)cc1C. The lowest BCUT2D eigenvalue weighted by Gasteiger charge is -2.13. The Hall–Kier alpha value is -3.40. The second-order valence-corrected chi connectivity index (χ2v) is 7.73. The number of carbonyl (C=O) groups is 2. The van der Waals surface area contributed by atoms with Gasteiger partial charge in [0, 0.05) is 0 Å². The first-order valence-corrected chi connectivity index (χ1v) is 9.86. The Morgan fingerprint density at radius 1 is 0.533 bits per heavy atom. The van der Waals surface area contributed by atoms with Crippen molar-refractivity contribution in [3.8, 4) is 11.5 Å². The van der Waals surface area contributed by atoms with Gasteiger partial charge >= 0.3 is 11.9 Å². The molecule has 0 amide bonds. The summed E-state index contributed by atoms with van der Waals surface area (Å²) in [7, 11) is 0. The number of hydrogen-bond acceptors (Lipinski definition) is 4. The fraction of sp³-hybridized carbons (Fsp3) is 0.231. The minimum Gasteiger partial charge on any atom is -0.423 e. The summed E-state index contributed by atoms with van der Waals surface area (Å²) in [5.74, 6) is -0.219. The van der Waals surface area contributed by atoms with Gasteiger partial charge in [-0.2, -0.15) is 0 Å². The molecule has 0 spiro atoms. The van der Waals surface area contributed by atoms with Gasteiger partial charge in [-0.1, -0.05) is 24.3 Å². The molecule has 0 saturated heterocycles. The van der Waals surface area contributed by atoms with E-state index in [1.54, 1.807) is 24.3 Å². The van der Waals surface area contributed by atoms with E-state index in [2.05, 4.69) is 0 Å². The largest absolute Gasteiger partial charge is 0.423 e. The number of benzene rings is 3. The average Bonchev–Trinajstić information content (AvgIpc) is 2.70. The minimum absolute atomic E-state index is 0.168. The van der Waals surface area contributed by atoms with Crippen molar-refractivity contribution in [2.24, 2.45) is 0 Å². The van der Waals surface area contributed by atoms with Crippen molar-refractivity contribution < 1.29 is 19.1 Å². The molecule has 0 bridgehead atoms. The van der Waals surface area contributed by atoms with E-state index in [4.69, 9.17) is 9.47 Å². The molecule has 0 aromatic heterocycles. The van der Waals surface area contributed by atoms with E-state index in [1.165, 1.54) is 0 Å². The van der Waals surface area contributed by atoms with Gasteiger partial charge in [-0.25, -0.2) is 9.59 Å². The van der Waals surface area contributed by atoms with Gasteiger partial charge in [-0.3, -0.25) is 0 Å². The molecule has 0 heterocycles. The fourth-order valence-electron chi connectivity index (χ4n) is 3.24. The monoisotopic (exact) mass is 402 g/mol. The van der Waals surface area contributed by atoms with Crippen LogP contribution in [0.5, 0.6) is 11.5 Å². The van der Waals surface area contributed by atoms with Gasteiger partial charge in [-0.05, 0) is 99.2 Å². The Kier molecular flexibility index (Phi) is 6.06. The first kappa shape index (κ1) is 21.3. The molecule has 0 radical (unpaired) electrons. The van der Waals surface area contributed by atoms with E-state index >= 15 is 0 Å². The Bertz CT molecular complexity index is 1050. The highest BCUT2D eigenvalue weighted by Gasteiger charge is 2.21. The van der Waals surface area contributed by atoms with Crippen LogP contribution in [-0.2, 0) is 0 Å². The molecule has 3 rings (SSSR count). The van der Waals surface area contributed by atoms with Gasteiger partial charge in [0.15, 0.2) is 0 Å². The lowest BCUT2D eigenvalue weighted by molar-refractivity contribution is 0.0691. The van der Waals surface area contributed by atoms with Gasteiger partial charge in [-0.15, -0.1) is 0 Å². The van der Waals surface area contributed by atoms with Crippen molar-refractivity contribution >= 4 is 11.9 Å². The van der Waals surface area contributed by atoms with Crippen LogP contribution in [0.25, 0.3) is 0 Å². The highest BCUT2D eigenvalue weighted by Crippen LogP contribution is 2.26. The van der Waals surface area contributed by atoms with Crippen LogP contribution in [-0.4, -0.2) is 11.9 Å². The summed E-state index contributed by atoms with van der Waals surface area (Å²) in [4.78, 5) is 25.8. The van der Waals surface area contributed by atoms with Crippen molar-refractivity contribution in [2.75, 3.05) is 0 Å². The molecule has 0 unspecified atom stereocenters. The zero-order chi connectivity index (χ0) is 22.0. The zero-order valence-corrected chi connectivity index (χ0v) is 18.3. The number of carbonyl (C=O) groups excluding carboxylic acids is 2. The summed E-state index contributed by atoms with van der Waals surface area (Å²) in [6.07, 6.45) is 0. The van der Waals surface area contributed by atoms with E-state index in [9.17, 15) is 9.59 Å². The Balaban J connectivity index is 1.89. The third-order valence-corrected chi connectivity index (χ3v) is 5.35. The Labute approximate surface area is 177 Å². The van der Waals surface area contributed by atoms with Crippen LogP contribution < -0.4 is 9.47 Å². The Morgan fingerprint density at radius 2 is 0.867 bits per heavy atom. The molecule has 154 valence electrons. The second-order valence-electron chi connectivity index (χ2n) is 7.73. The van der Waals surface area contributed by atoms with Crippen molar-refractivity contribution in [3.63, 3.8) is 0 Å². The predicted octanol–water partition coefficient (Wildman–Crippen LogP) is 5.98. The average molecular weight is 402 g/mol. The van der Waals surface area contributed by atoms with Crippen LogP contribution >= 0.6 is 0 Å². The van der Waals surface area contributed by atoms with Crippen LogP contribution in [0.1, 0.15) is 54.1 Å². The van der Waals surface area contributed by atoms with E-state index < -0.39 is 11.9 Å². The van der Waals surface area contributed by atoms with Crippen LogP contribution in [0.4, 0.5) is 0 Å². The number of esters is 2. The summed E-state index contributed by atoms with van der Waals surface area (Å²) in [6, 6.07) is 14.2. The van der Waals surface area contributed by atoms with Crippen LogP contribution in [0.2, 0.25) is 0 Å². The van der Waals surface area contributed by atoms with Gasteiger partial charge in [0.05, 0.1) is 11.1 Å². The molecular weight excluding hydrogens is 376 g/mol. The number of hydrogen-bond donors (Lipinski definition) is 0. The van der Waals surface area contributed by atoms with Crippen LogP contribution in [0, 0.1) is 41.5 Å². The third kappa shape index (κ3) is 4.43. The maximum absolute atomic E-state index is 12.9. The normalized spacial score (nSPS) is 10.6. The van der Waals surface area contributed by atoms with Crippen LogP contribution in [0.3, 0.4) is 0 Å². The zero-order valence-electron chi connectivity index (χ0n) is 18.3. The first-order valence-electron chi connectivity index (χ1n) is 9.86. The standard InChI is InChI=1S/C26H26O4/c1-15-11-19(5)23(13-17(15)3)29-25(27)21-9-7-8-10-22(21)26(28)30-24-14-18(4)16(2)12-20(24)6/h7-14H,1-6H3. The molecule has 4 heteroatoms. The number of rotatable bonds is 4. The molecule has 3 aromatic rings. The molecule has 0 fully saturated rings. The van der Waals surface area contributed by atoms with Gasteiger partial charge in [0.25, 0.3) is 0 Å². The van der Waals surface area contributed by atoms with Gasteiger partial charge < -0.3 is 9.47 Å². The number of aryl methyl sites for hydroxylation is 6. The topological polar surface area (TPSA) is 52.6 Å². The molecule has 3 aromatic carbocycles. The third-order valence-electron chi connectivity index (χ3n) is 5.35. The highest BCUT2D eigenvalue weighted by atomic mass is 16.5. The molecule has 30 heavy (non-hydrogen) atoms. The molecule has 4 nitrogen and oxygen atoms in total. The summed E-state index contributed by atoms with van der Waals surface area (Å²) < 4.78 is 11.2. The van der Waals surface area contributed by atoms with E-state index in [0.29, 0.717) is 11.5 Å².